The molecule has 8 bridgehead atoms. The van der Waals surface area contributed by atoms with E-state index in [-0.39, 0.29) is 0 Å². The lowest BCUT2D eigenvalue weighted by Gasteiger charge is -2.17. The summed E-state index contributed by atoms with van der Waals surface area (Å²) < 4.78 is 26.5. The topological polar surface area (TPSA) is 107 Å². The van der Waals surface area contributed by atoms with E-state index in [2.05, 4.69) is 152 Å². The van der Waals surface area contributed by atoms with Gasteiger partial charge in [-0.05, 0) is 72.8 Å². The first-order valence-corrected chi connectivity index (χ1v) is 22.5. The van der Waals surface area contributed by atoms with Crippen molar-refractivity contribution in [2.24, 2.45) is 0 Å². The lowest BCUT2D eigenvalue weighted by atomic mass is 10.1. The monoisotopic (exact) mass is 874 g/mol. The quantitative estimate of drug-likeness (QED) is 0.150. The summed E-state index contributed by atoms with van der Waals surface area (Å²) >= 11 is 0. The van der Waals surface area contributed by atoms with Crippen LogP contribution in [0.1, 0.15) is 0 Å². The molecule has 0 N–H and O–H groups in total. The Kier molecular flexibility index (Phi) is 6.20. The van der Waals surface area contributed by atoms with Gasteiger partial charge in [0.15, 0.2) is 11.2 Å². The van der Waals surface area contributed by atoms with Crippen molar-refractivity contribution in [1.29, 1.82) is 0 Å². The molecule has 19 rings (SSSR count). The van der Waals surface area contributed by atoms with Gasteiger partial charge < -0.3 is 18.0 Å². The minimum atomic E-state index is 0.439. The molecule has 0 saturated heterocycles. The van der Waals surface area contributed by atoms with Crippen molar-refractivity contribution in [1.82, 2.24) is 47.3 Å². The van der Waals surface area contributed by atoms with Gasteiger partial charge >= 0.3 is 12.0 Å². The van der Waals surface area contributed by atoms with Crippen molar-refractivity contribution in [2.75, 3.05) is 0 Å². The van der Waals surface area contributed by atoms with Crippen LogP contribution in [0.5, 0.6) is 0 Å². The molecule has 11 heterocycles. The van der Waals surface area contributed by atoms with Gasteiger partial charge in [-0.25, -0.2) is 9.97 Å². The van der Waals surface area contributed by atoms with Gasteiger partial charge in [-0.1, -0.05) is 72.8 Å². The molecular formula is C56H30N10O2. The number of hydrogen-bond acceptors (Lipinski definition) is 6. The first-order chi connectivity index (χ1) is 33.7. The number of rotatable bonds is 0. The summed E-state index contributed by atoms with van der Waals surface area (Å²) in [7, 11) is 0. The number of nitrogens with zero attached hydrogens (tertiary/aromatic N) is 10. The molecule has 68 heavy (non-hydrogen) atoms. The van der Waals surface area contributed by atoms with Gasteiger partial charge in [0, 0.05) is 67.9 Å². The molecule has 0 unspecified atom stereocenters. The number of oxazole rings is 2. The van der Waals surface area contributed by atoms with E-state index in [1.165, 1.54) is 0 Å². The van der Waals surface area contributed by atoms with Crippen molar-refractivity contribution in [3.63, 3.8) is 0 Å². The Bertz CT molecular complexity index is 4580. The minimum Gasteiger partial charge on any atom is -0.423 e. The third-order valence-corrected chi connectivity index (χ3v) is 14.3. The van der Waals surface area contributed by atoms with Crippen molar-refractivity contribution in [3.8, 4) is 34.8 Å². The van der Waals surface area contributed by atoms with Crippen LogP contribution in [-0.4, -0.2) is 47.3 Å². The fourth-order valence-electron chi connectivity index (χ4n) is 11.3. The molecule has 0 radical (unpaired) electrons. The standard InChI is InChI=1S/C56H30N10O2/c1-3-7-37-35(5-1)41-15-17-43(37)65-29-57-39-13-19-45-47(53(39)65)59-55(67-45)63-27-23-33-11-12-34-24-28-64(52(34)51(33)63)56-60-48-46(68-56)20-14-40-54(48)66(30-58-40)44-18-16-42(36-6-2-4-8-38(36)44)62-26-22-32-10-9-31-21-25-61(41)49(31)50(32)62/h1-30H. The second kappa shape index (κ2) is 12.2. The summed E-state index contributed by atoms with van der Waals surface area (Å²) in [5.41, 5.74) is 14.3. The van der Waals surface area contributed by atoms with E-state index in [4.69, 9.17) is 28.8 Å². The van der Waals surface area contributed by atoms with E-state index in [9.17, 15) is 0 Å². The molecule has 0 saturated carbocycles. The first-order valence-electron chi connectivity index (χ1n) is 22.5. The van der Waals surface area contributed by atoms with Crippen molar-refractivity contribution in [2.45, 2.75) is 0 Å². The average Bonchev–Trinajstić information content (AvgIpc) is 4.24. The summed E-state index contributed by atoms with van der Waals surface area (Å²) in [5, 5.41) is 8.70. The van der Waals surface area contributed by atoms with Gasteiger partial charge in [0.1, 0.15) is 34.7 Å². The van der Waals surface area contributed by atoms with E-state index in [1.54, 1.807) is 0 Å². The maximum atomic E-state index is 6.71. The van der Waals surface area contributed by atoms with Gasteiger partial charge in [-0.2, -0.15) is 9.97 Å². The molecule has 0 spiro atoms. The molecule has 3 aliphatic rings. The fourth-order valence-corrected chi connectivity index (χ4v) is 11.3. The number of benzene rings is 8. The summed E-state index contributed by atoms with van der Waals surface area (Å²) in [6, 6.07) is 52.2. The van der Waals surface area contributed by atoms with Gasteiger partial charge in [0.25, 0.3) is 0 Å². The fraction of sp³-hybridized carbons (Fsp3) is 0. The summed E-state index contributed by atoms with van der Waals surface area (Å²) in [6.45, 7) is 0. The Morgan fingerprint density at radius 1 is 0.309 bits per heavy atom. The highest BCUT2D eigenvalue weighted by atomic mass is 16.4. The Morgan fingerprint density at radius 2 is 0.662 bits per heavy atom. The summed E-state index contributed by atoms with van der Waals surface area (Å²) in [4.78, 5) is 20.4. The predicted molar refractivity (Wildman–Crippen MR) is 267 cm³/mol. The molecular weight excluding hydrogens is 845 g/mol. The highest BCUT2D eigenvalue weighted by molar-refractivity contribution is 6.11. The lowest BCUT2D eigenvalue weighted by Crippen LogP contribution is -2.01. The van der Waals surface area contributed by atoms with Crippen molar-refractivity contribution >= 4 is 109 Å². The molecule has 3 aliphatic heterocycles. The normalized spacial score (nSPS) is 12.7. The SMILES string of the molecule is c1ccc2c3ccc(c2c1)-n1cnc2ccc4oc(nc4c21)-n1ccc2ccc4ccn(c4c21)-c1nc2c(ccc4ncn(c42)-c2ccc(c4ccccc24)-n2ccc4ccc5ccn-3c5c42)o1. The van der Waals surface area contributed by atoms with Crippen LogP contribution in [0.25, 0.3) is 144 Å². The second-order valence-electron chi connectivity index (χ2n) is 17.7. The van der Waals surface area contributed by atoms with Crippen LogP contribution in [0.4, 0.5) is 0 Å². The highest BCUT2D eigenvalue weighted by Crippen LogP contribution is 2.41. The van der Waals surface area contributed by atoms with Gasteiger partial charge in [-0.15, -0.1) is 0 Å². The lowest BCUT2D eigenvalue weighted by molar-refractivity contribution is 0.566. The van der Waals surface area contributed by atoms with E-state index in [0.717, 1.165) is 110 Å². The Morgan fingerprint density at radius 3 is 1.06 bits per heavy atom. The van der Waals surface area contributed by atoms with Crippen LogP contribution < -0.4 is 0 Å². The highest BCUT2D eigenvalue weighted by Gasteiger charge is 2.24. The minimum absolute atomic E-state index is 0.439. The van der Waals surface area contributed by atoms with Crippen LogP contribution in [-0.2, 0) is 0 Å². The van der Waals surface area contributed by atoms with Crippen LogP contribution >= 0.6 is 0 Å². The molecule has 0 fully saturated rings. The van der Waals surface area contributed by atoms with E-state index in [0.29, 0.717) is 34.2 Å². The Balaban J connectivity index is 1.02. The third kappa shape index (κ3) is 4.30. The van der Waals surface area contributed by atoms with Crippen molar-refractivity contribution in [3.05, 3.63) is 183 Å². The molecule has 0 atom stereocenters. The third-order valence-electron chi connectivity index (χ3n) is 14.3. The maximum absolute atomic E-state index is 6.71. The van der Waals surface area contributed by atoms with Crippen molar-refractivity contribution < 1.29 is 8.83 Å². The zero-order valence-electron chi connectivity index (χ0n) is 35.6. The molecule has 0 aliphatic carbocycles. The van der Waals surface area contributed by atoms with Crippen LogP contribution in [0.2, 0.25) is 0 Å². The molecule has 8 aromatic carbocycles. The average molecular weight is 875 g/mol. The van der Waals surface area contributed by atoms with Crippen LogP contribution in [0.3, 0.4) is 0 Å². The molecule has 16 aromatic rings. The van der Waals surface area contributed by atoms with E-state index >= 15 is 0 Å². The maximum Gasteiger partial charge on any atom is 0.307 e. The molecule has 316 valence electrons. The van der Waals surface area contributed by atoms with Gasteiger partial charge in [0.05, 0.1) is 55.8 Å². The van der Waals surface area contributed by atoms with Gasteiger partial charge in [-0.3, -0.25) is 18.3 Å². The molecule has 0 amide bonds. The number of imidazole rings is 2. The van der Waals surface area contributed by atoms with Crippen LogP contribution in [0.15, 0.2) is 192 Å². The first kappa shape index (κ1) is 34.7. The molecule has 8 aromatic heterocycles. The predicted octanol–water partition coefficient (Wildman–Crippen LogP) is 13.0. The largest absolute Gasteiger partial charge is 0.423 e. The Hall–Kier alpha value is -9.68. The van der Waals surface area contributed by atoms with Gasteiger partial charge in [0.2, 0.25) is 0 Å². The van der Waals surface area contributed by atoms with E-state index in [1.807, 2.05) is 58.4 Å². The number of aromatic nitrogens is 10. The zero-order valence-corrected chi connectivity index (χ0v) is 35.6. The zero-order chi connectivity index (χ0) is 43.9. The smallest absolute Gasteiger partial charge is 0.307 e. The Labute approximate surface area is 382 Å². The number of hydrogen-bond donors (Lipinski definition) is 0. The second-order valence-corrected chi connectivity index (χ2v) is 17.7. The summed E-state index contributed by atoms with van der Waals surface area (Å²) in [6.07, 6.45) is 12.2. The van der Waals surface area contributed by atoms with Crippen LogP contribution in [0, 0.1) is 0 Å². The van der Waals surface area contributed by atoms with E-state index < -0.39 is 0 Å². The summed E-state index contributed by atoms with van der Waals surface area (Å²) in [5.74, 6) is 0. The molecule has 12 heteroatoms. The molecule has 12 nitrogen and oxygen atoms in total.